The lowest BCUT2D eigenvalue weighted by Gasteiger charge is -2.11. The summed E-state index contributed by atoms with van der Waals surface area (Å²) in [4.78, 5) is 28.8. The molecule has 33 heavy (non-hydrogen) atoms. The van der Waals surface area contributed by atoms with Gasteiger partial charge in [-0.25, -0.2) is 18.2 Å². The van der Waals surface area contributed by atoms with Crippen LogP contribution in [0, 0.1) is 31.3 Å². The molecular weight excluding hydrogens is 435 g/mol. The molecule has 0 aliphatic carbocycles. The number of rotatable bonds is 5. The minimum Gasteiger partial charge on any atom is -0.364 e. The number of primary amides is 1. The molecular formula is C23H18F3N5O2. The molecule has 3 N–H and O–H groups in total. The van der Waals surface area contributed by atoms with Crippen LogP contribution in [0.4, 0.5) is 18.9 Å². The Morgan fingerprint density at radius 3 is 2.52 bits per heavy atom. The Morgan fingerprint density at radius 2 is 1.82 bits per heavy atom. The molecule has 0 spiro atoms. The summed E-state index contributed by atoms with van der Waals surface area (Å²) in [7, 11) is 0. The van der Waals surface area contributed by atoms with Gasteiger partial charge in [-0.05, 0) is 38.1 Å². The third-order valence-corrected chi connectivity index (χ3v) is 5.24. The number of carbonyl (C=O) groups is 2. The third kappa shape index (κ3) is 4.14. The van der Waals surface area contributed by atoms with Crippen LogP contribution < -0.4 is 11.1 Å². The molecule has 2 amide bonds. The molecule has 0 aliphatic heterocycles. The van der Waals surface area contributed by atoms with E-state index in [0.717, 1.165) is 18.2 Å². The highest BCUT2D eigenvalue weighted by Crippen LogP contribution is 2.26. The highest BCUT2D eigenvalue weighted by atomic mass is 19.1. The molecule has 168 valence electrons. The Balaban J connectivity index is 1.71. The number of anilines is 1. The van der Waals surface area contributed by atoms with Crippen LogP contribution in [-0.2, 0) is 6.54 Å². The van der Waals surface area contributed by atoms with Gasteiger partial charge < -0.3 is 11.1 Å². The molecule has 0 atom stereocenters. The van der Waals surface area contributed by atoms with E-state index in [4.69, 9.17) is 5.73 Å². The van der Waals surface area contributed by atoms with Crippen LogP contribution in [0.1, 0.15) is 37.8 Å². The molecule has 0 fully saturated rings. The Labute approximate surface area is 186 Å². The number of aryl methyl sites for hydroxylation is 1. The number of amides is 2. The topological polar surface area (TPSA) is 103 Å². The average molecular weight is 453 g/mol. The fourth-order valence-corrected chi connectivity index (χ4v) is 3.57. The molecule has 0 bridgehead atoms. The molecule has 0 saturated carbocycles. The lowest BCUT2D eigenvalue weighted by atomic mass is 10.1. The number of hydrogen-bond donors (Lipinski definition) is 2. The van der Waals surface area contributed by atoms with E-state index in [9.17, 15) is 22.8 Å². The standard InChI is InChI=1S/C23H18F3N5O2/c1-11-21(12(2)31(30-11)10-13-6-7-14(24)8-17(13)26)29-23(33)15-9-19(22(27)32)28-18-5-3-4-16(25)20(15)18/h3-9H,10H2,1-2H3,(H2,27,32)(H,29,33). The fourth-order valence-electron chi connectivity index (χ4n) is 3.57. The van der Waals surface area contributed by atoms with Crippen molar-refractivity contribution in [3.05, 3.63) is 88.1 Å². The molecule has 10 heteroatoms. The summed E-state index contributed by atoms with van der Waals surface area (Å²) < 4.78 is 43.2. The number of nitrogens with zero attached hydrogens (tertiary/aromatic N) is 3. The second-order valence-corrected chi connectivity index (χ2v) is 7.45. The molecule has 7 nitrogen and oxygen atoms in total. The van der Waals surface area contributed by atoms with Gasteiger partial charge in [-0.15, -0.1) is 0 Å². The van der Waals surface area contributed by atoms with E-state index >= 15 is 0 Å². The third-order valence-electron chi connectivity index (χ3n) is 5.24. The zero-order chi connectivity index (χ0) is 23.9. The zero-order valence-electron chi connectivity index (χ0n) is 17.6. The van der Waals surface area contributed by atoms with E-state index in [1.807, 2.05) is 0 Å². The highest BCUT2D eigenvalue weighted by molar-refractivity contribution is 6.14. The van der Waals surface area contributed by atoms with Crippen molar-refractivity contribution in [1.29, 1.82) is 0 Å². The predicted molar refractivity (Wildman–Crippen MR) is 115 cm³/mol. The maximum Gasteiger partial charge on any atom is 0.267 e. The first-order chi connectivity index (χ1) is 15.7. The van der Waals surface area contributed by atoms with Crippen molar-refractivity contribution in [3.8, 4) is 0 Å². The smallest absolute Gasteiger partial charge is 0.267 e. The number of hydrogen-bond acceptors (Lipinski definition) is 4. The Bertz CT molecular complexity index is 1430. The van der Waals surface area contributed by atoms with Gasteiger partial charge in [0, 0.05) is 17.0 Å². The number of halogens is 3. The van der Waals surface area contributed by atoms with Crippen molar-refractivity contribution in [2.75, 3.05) is 5.32 Å². The lowest BCUT2D eigenvalue weighted by molar-refractivity contribution is 0.0996. The Morgan fingerprint density at radius 1 is 1.06 bits per heavy atom. The Hall–Kier alpha value is -4.21. The maximum absolute atomic E-state index is 14.5. The van der Waals surface area contributed by atoms with E-state index in [1.54, 1.807) is 13.8 Å². The molecule has 2 aromatic heterocycles. The zero-order valence-corrected chi connectivity index (χ0v) is 17.6. The SMILES string of the molecule is Cc1nn(Cc2ccc(F)cc2F)c(C)c1NC(=O)c1cc(C(N)=O)nc2cccc(F)c12. The van der Waals surface area contributed by atoms with Gasteiger partial charge in [0.1, 0.15) is 23.1 Å². The second-order valence-electron chi connectivity index (χ2n) is 7.45. The number of nitrogens with one attached hydrogen (secondary N) is 1. The van der Waals surface area contributed by atoms with Gasteiger partial charge in [-0.1, -0.05) is 12.1 Å². The van der Waals surface area contributed by atoms with Crippen molar-refractivity contribution in [2.24, 2.45) is 5.73 Å². The molecule has 2 heterocycles. The lowest BCUT2D eigenvalue weighted by Crippen LogP contribution is -2.18. The maximum atomic E-state index is 14.5. The molecule has 0 aliphatic rings. The van der Waals surface area contributed by atoms with Crippen molar-refractivity contribution < 1.29 is 22.8 Å². The monoisotopic (exact) mass is 453 g/mol. The normalized spacial score (nSPS) is 11.1. The van der Waals surface area contributed by atoms with Crippen LogP contribution in [0.3, 0.4) is 0 Å². The highest BCUT2D eigenvalue weighted by Gasteiger charge is 2.21. The van der Waals surface area contributed by atoms with Crippen LogP contribution in [0.2, 0.25) is 0 Å². The first kappa shape index (κ1) is 22.0. The summed E-state index contributed by atoms with van der Waals surface area (Å²) in [6, 6.07) is 8.42. The van der Waals surface area contributed by atoms with Gasteiger partial charge in [0.05, 0.1) is 34.7 Å². The van der Waals surface area contributed by atoms with E-state index in [2.05, 4.69) is 15.4 Å². The second kappa shape index (κ2) is 8.38. The largest absolute Gasteiger partial charge is 0.364 e. The molecule has 4 aromatic rings. The van der Waals surface area contributed by atoms with Gasteiger partial charge in [-0.2, -0.15) is 5.10 Å². The van der Waals surface area contributed by atoms with Gasteiger partial charge in [0.2, 0.25) is 0 Å². The van der Waals surface area contributed by atoms with Crippen LogP contribution in [0.15, 0.2) is 42.5 Å². The first-order valence-electron chi connectivity index (χ1n) is 9.84. The number of nitrogens with two attached hydrogens (primary N) is 1. The summed E-state index contributed by atoms with van der Waals surface area (Å²) in [6.07, 6.45) is 0. The summed E-state index contributed by atoms with van der Waals surface area (Å²) in [5.74, 6) is -3.65. The number of aromatic nitrogens is 3. The number of carbonyl (C=O) groups excluding carboxylic acids is 2. The average Bonchev–Trinajstić information content (AvgIpc) is 3.02. The summed E-state index contributed by atoms with van der Waals surface area (Å²) in [6.45, 7) is 3.31. The molecule has 2 aromatic carbocycles. The van der Waals surface area contributed by atoms with Crippen LogP contribution in [0.5, 0.6) is 0 Å². The van der Waals surface area contributed by atoms with Crippen molar-refractivity contribution in [2.45, 2.75) is 20.4 Å². The molecule has 4 rings (SSSR count). The molecule has 0 saturated heterocycles. The summed E-state index contributed by atoms with van der Waals surface area (Å²) in [5, 5.41) is 6.95. The van der Waals surface area contributed by atoms with Crippen LogP contribution in [-0.4, -0.2) is 26.6 Å². The summed E-state index contributed by atoms with van der Waals surface area (Å²) >= 11 is 0. The van der Waals surface area contributed by atoms with Crippen LogP contribution in [0.25, 0.3) is 10.9 Å². The fraction of sp³-hybridized carbons (Fsp3) is 0.130. The van der Waals surface area contributed by atoms with Gasteiger partial charge in [-0.3, -0.25) is 14.3 Å². The van der Waals surface area contributed by atoms with Gasteiger partial charge in [0.15, 0.2) is 0 Å². The van der Waals surface area contributed by atoms with E-state index in [1.165, 1.54) is 28.9 Å². The predicted octanol–water partition coefficient (Wildman–Crippen LogP) is 3.86. The quantitative estimate of drug-likeness (QED) is 0.479. The van der Waals surface area contributed by atoms with Crippen molar-refractivity contribution >= 4 is 28.4 Å². The Kier molecular flexibility index (Phi) is 5.59. The van der Waals surface area contributed by atoms with Crippen molar-refractivity contribution in [3.63, 3.8) is 0 Å². The number of pyridine rings is 1. The van der Waals surface area contributed by atoms with Crippen LogP contribution >= 0.6 is 0 Å². The van der Waals surface area contributed by atoms with E-state index in [-0.39, 0.29) is 34.3 Å². The number of benzene rings is 2. The van der Waals surface area contributed by atoms with Gasteiger partial charge >= 0.3 is 0 Å². The molecule has 0 unspecified atom stereocenters. The van der Waals surface area contributed by atoms with E-state index < -0.39 is 29.3 Å². The van der Waals surface area contributed by atoms with Crippen molar-refractivity contribution in [1.82, 2.24) is 14.8 Å². The minimum atomic E-state index is -0.864. The van der Waals surface area contributed by atoms with Gasteiger partial charge in [0.25, 0.3) is 11.8 Å². The first-order valence-corrected chi connectivity index (χ1v) is 9.84. The minimum absolute atomic E-state index is 0.00724. The number of fused-ring (bicyclic) bond motifs is 1. The summed E-state index contributed by atoms with van der Waals surface area (Å²) in [5.41, 5.74) is 6.59. The molecule has 0 radical (unpaired) electrons. The van der Waals surface area contributed by atoms with E-state index in [0.29, 0.717) is 17.1 Å².